The van der Waals surface area contributed by atoms with Crippen LogP contribution in [0.5, 0.6) is 0 Å². The van der Waals surface area contributed by atoms with Crippen molar-refractivity contribution >= 4 is 5.96 Å². The van der Waals surface area contributed by atoms with Crippen LogP contribution in [0.15, 0.2) is 4.99 Å². The lowest BCUT2D eigenvalue weighted by Crippen LogP contribution is -2.38. The predicted octanol–water partition coefficient (Wildman–Crippen LogP) is 1.12. The third-order valence-electron chi connectivity index (χ3n) is 1.87. The van der Waals surface area contributed by atoms with Gasteiger partial charge in [0.2, 0.25) is 0 Å². The van der Waals surface area contributed by atoms with E-state index in [9.17, 15) is 0 Å². The van der Waals surface area contributed by atoms with Gasteiger partial charge < -0.3 is 15.8 Å². The first-order chi connectivity index (χ1) is 6.70. The van der Waals surface area contributed by atoms with Gasteiger partial charge in [0.05, 0.1) is 13.2 Å². The standard InChI is InChI=1S/C10H23N3O/c1-4-7-14-8-6-12-10(11)13-9(3)5-2/h9H,4-8H2,1-3H3,(H3,11,12,13). The van der Waals surface area contributed by atoms with Crippen molar-refractivity contribution in [1.29, 1.82) is 0 Å². The highest BCUT2D eigenvalue weighted by Gasteiger charge is 1.97. The zero-order valence-electron chi connectivity index (χ0n) is 9.55. The fourth-order valence-electron chi connectivity index (χ4n) is 0.877. The van der Waals surface area contributed by atoms with E-state index < -0.39 is 0 Å². The number of guanidine groups is 1. The molecule has 0 amide bonds. The molecule has 14 heavy (non-hydrogen) atoms. The number of ether oxygens (including phenoxy) is 1. The fraction of sp³-hybridized carbons (Fsp3) is 0.900. The van der Waals surface area contributed by atoms with E-state index >= 15 is 0 Å². The molecule has 0 bridgehead atoms. The van der Waals surface area contributed by atoms with Crippen molar-refractivity contribution in [3.8, 4) is 0 Å². The van der Waals surface area contributed by atoms with Gasteiger partial charge in [-0.3, -0.25) is 4.99 Å². The predicted molar refractivity (Wildman–Crippen MR) is 60.5 cm³/mol. The first-order valence-corrected chi connectivity index (χ1v) is 5.34. The van der Waals surface area contributed by atoms with Crippen molar-refractivity contribution in [1.82, 2.24) is 5.32 Å². The molecule has 3 N–H and O–H groups in total. The average molecular weight is 201 g/mol. The monoisotopic (exact) mass is 201 g/mol. The highest BCUT2D eigenvalue weighted by Crippen LogP contribution is 1.86. The lowest BCUT2D eigenvalue weighted by atomic mass is 10.3. The van der Waals surface area contributed by atoms with Gasteiger partial charge >= 0.3 is 0 Å². The zero-order chi connectivity index (χ0) is 10.8. The molecule has 0 aromatic rings. The zero-order valence-corrected chi connectivity index (χ0v) is 9.55. The van der Waals surface area contributed by atoms with E-state index in [0.29, 0.717) is 25.2 Å². The van der Waals surface area contributed by atoms with Gasteiger partial charge in [-0.1, -0.05) is 13.8 Å². The second kappa shape index (κ2) is 8.81. The summed E-state index contributed by atoms with van der Waals surface area (Å²) in [5, 5.41) is 3.09. The maximum atomic E-state index is 5.65. The highest BCUT2D eigenvalue weighted by atomic mass is 16.5. The second-order valence-corrected chi connectivity index (χ2v) is 3.33. The highest BCUT2D eigenvalue weighted by molar-refractivity contribution is 5.78. The van der Waals surface area contributed by atoms with Crippen LogP contribution in [0.3, 0.4) is 0 Å². The molecule has 0 fully saturated rings. The molecule has 0 saturated heterocycles. The Bertz CT molecular complexity index is 159. The third kappa shape index (κ3) is 7.86. The van der Waals surface area contributed by atoms with Gasteiger partial charge in [-0.15, -0.1) is 0 Å². The molecule has 0 aliphatic heterocycles. The van der Waals surface area contributed by atoms with Crippen LogP contribution in [0.4, 0.5) is 0 Å². The molecule has 0 rings (SSSR count). The summed E-state index contributed by atoms with van der Waals surface area (Å²) in [6.45, 7) is 8.35. The largest absolute Gasteiger partial charge is 0.380 e. The van der Waals surface area contributed by atoms with Gasteiger partial charge in [0.1, 0.15) is 0 Å². The van der Waals surface area contributed by atoms with Crippen LogP contribution in [-0.2, 0) is 4.74 Å². The van der Waals surface area contributed by atoms with Gasteiger partial charge in [0, 0.05) is 12.6 Å². The first-order valence-electron chi connectivity index (χ1n) is 5.34. The normalized spacial score (nSPS) is 14.1. The molecule has 0 aromatic heterocycles. The van der Waals surface area contributed by atoms with Crippen LogP contribution in [-0.4, -0.2) is 31.8 Å². The minimum Gasteiger partial charge on any atom is -0.380 e. The molecule has 0 aromatic carbocycles. The lowest BCUT2D eigenvalue weighted by molar-refractivity contribution is 0.142. The van der Waals surface area contributed by atoms with Crippen molar-refractivity contribution < 1.29 is 4.74 Å². The van der Waals surface area contributed by atoms with Gasteiger partial charge in [-0.05, 0) is 19.8 Å². The number of rotatable bonds is 7. The summed E-state index contributed by atoms with van der Waals surface area (Å²) in [6.07, 6.45) is 2.09. The summed E-state index contributed by atoms with van der Waals surface area (Å²) in [7, 11) is 0. The summed E-state index contributed by atoms with van der Waals surface area (Å²) >= 11 is 0. The number of aliphatic imine (C=N–C) groups is 1. The van der Waals surface area contributed by atoms with Gasteiger partial charge in [0.25, 0.3) is 0 Å². The summed E-state index contributed by atoms with van der Waals surface area (Å²) in [4.78, 5) is 4.14. The molecular weight excluding hydrogens is 178 g/mol. The van der Waals surface area contributed by atoms with Crippen LogP contribution in [0.1, 0.15) is 33.6 Å². The topological polar surface area (TPSA) is 59.6 Å². The SMILES string of the molecule is CCCOCCN=C(N)NC(C)CC. The average Bonchev–Trinajstić information content (AvgIpc) is 2.17. The molecule has 0 saturated carbocycles. The Morgan fingerprint density at radius 1 is 1.43 bits per heavy atom. The molecule has 4 nitrogen and oxygen atoms in total. The quantitative estimate of drug-likeness (QED) is 0.368. The van der Waals surface area contributed by atoms with Crippen molar-refractivity contribution in [2.75, 3.05) is 19.8 Å². The Hall–Kier alpha value is -0.770. The fourth-order valence-corrected chi connectivity index (χ4v) is 0.877. The molecule has 4 heteroatoms. The Morgan fingerprint density at radius 2 is 2.14 bits per heavy atom. The molecule has 1 atom stereocenters. The van der Waals surface area contributed by atoms with E-state index in [1.54, 1.807) is 0 Å². The summed E-state index contributed by atoms with van der Waals surface area (Å²) in [5.41, 5.74) is 5.65. The van der Waals surface area contributed by atoms with E-state index in [2.05, 4.69) is 31.1 Å². The number of nitrogens with one attached hydrogen (secondary N) is 1. The Morgan fingerprint density at radius 3 is 2.71 bits per heavy atom. The number of hydrogen-bond donors (Lipinski definition) is 2. The maximum absolute atomic E-state index is 5.65. The Kier molecular flexibility index (Phi) is 8.33. The van der Waals surface area contributed by atoms with Crippen molar-refractivity contribution in [3.63, 3.8) is 0 Å². The maximum Gasteiger partial charge on any atom is 0.188 e. The number of hydrogen-bond acceptors (Lipinski definition) is 2. The van der Waals surface area contributed by atoms with E-state index in [-0.39, 0.29) is 0 Å². The summed E-state index contributed by atoms with van der Waals surface area (Å²) in [6, 6.07) is 0.385. The molecule has 0 radical (unpaired) electrons. The molecular formula is C10H23N3O. The Labute approximate surface area is 86.9 Å². The van der Waals surface area contributed by atoms with Gasteiger partial charge in [-0.25, -0.2) is 0 Å². The van der Waals surface area contributed by atoms with E-state index in [0.717, 1.165) is 19.4 Å². The van der Waals surface area contributed by atoms with Crippen LogP contribution in [0, 0.1) is 0 Å². The molecule has 0 aliphatic carbocycles. The van der Waals surface area contributed by atoms with E-state index in [4.69, 9.17) is 10.5 Å². The van der Waals surface area contributed by atoms with Crippen molar-refractivity contribution in [2.45, 2.75) is 39.7 Å². The Balaban J connectivity index is 3.46. The van der Waals surface area contributed by atoms with Gasteiger partial charge in [0.15, 0.2) is 5.96 Å². The molecule has 0 aliphatic rings. The smallest absolute Gasteiger partial charge is 0.188 e. The number of nitrogens with two attached hydrogens (primary N) is 1. The molecule has 1 unspecified atom stereocenters. The molecule has 0 spiro atoms. The summed E-state index contributed by atoms with van der Waals surface area (Å²) in [5.74, 6) is 0.513. The van der Waals surface area contributed by atoms with Gasteiger partial charge in [-0.2, -0.15) is 0 Å². The van der Waals surface area contributed by atoms with Crippen LogP contribution >= 0.6 is 0 Å². The van der Waals surface area contributed by atoms with Crippen LogP contribution < -0.4 is 11.1 Å². The number of nitrogens with zero attached hydrogens (tertiary/aromatic N) is 1. The van der Waals surface area contributed by atoms with E-state index in [1.807, 2.05) is 0 Å². The first kappa shape index (κ1) is 13.2. The minimum atomic E-state index is 0.385. The minimum absolute atomic E-state index is 0.385. The van der Waals surface area contributed by atoms with E-state index in [1.165, 1.54) is 0 Å². The lowest BCUT2D eigenvalue weighted by Gasteiger charge is -2.11. The van der Waals surface area contributed by atoms with Crippen molar-refractivity contribution in [2.24, 2.45) is 10.7 Å². The molecule has 0 heterocycles. The van der Waals surface area contributed by atoms with Crippen LogP contribution in [0.2, 0.25) is 0 Å². The third-order valence-corrected chi connectivity index (χ3v) is 1.87. The second-order valence-electron chi connectivity index (χ2n) is 3.33. The molecule has 84 valence electrons. The summed E-state index contributed by atoms with van der Waals surface area (Å²) < 4.78 is 5.27. The van der Waals surface area contributed by atoms with Crippen molar-refractivity contribution in [3.05, 3.63) is 0 Å². The van der Waals surface area contributed by atoms with Crippen LogP contribution in [0.25, 0.3) is 0 Å².